The number of aliphatic hydroxyl groups is 1. The van der Waals surface area contributed by atoms with Crippen LogP contribution in [0.2, 0.25) is 0 Å². The molecule has 2 saturated heterocycles. The molecule has 8 heteroatoms. The molecule has 1 N–H and O–H groups in total. The minimum absolute atomic E-state index is 0.170. The summed E-state index contributed by atoms with van der Waals surface area (Å²) >= 11 is 0. The molecule has 2 fully saturated rings. The second-order valence-electron chi connectivity index (χ2n) is 8.77. The molecule has 8 nitrogen and oxygen atoms in total. The first-order valence-corrected chi connectivity index (χ1v) is 11.5. The van der Waals surface area contributed by atoms with Crippen LogP contribution in [0.3, 0.4) is 0 Å². The van der Waals surface area contributed by atoms with Gasteiger partial charge in [-0.05, 0) is 12.5 Å². The first kappa shape index (κ1) is 22.3. The maximum atomic E-state index is 13.9. The number of amides is 2. The summed E-state index contributed by atoms with van der Waals surface area (Å²) in [6.07, 6.45) is 0.583. The molecular weight excluding hydrogens is 434 g/mol. The lowest BCUT2D eigenvalue weighted by Crippen LogP contribution is -2.52. The van der Waals surface area contributed by atoms with Crippen molar-refractivity contribution in [3.05, 3.63) is 71.3 Å². The Kier molecular flexibility index (Phi) is 5.71. The van der Waals surface area contributed by atoms with E-state index in [1.165, 1.54) is 9.80 Å². The van der Waals surface area contributed by atoms with Crippen molar-refractivity contribution in [2.24, 2.45) is 0 Å². The maximum absolute atomic E-state index is 13.9. The molecule has 2 aromatic carbocycles. The van der Waals surface area contributed by atoms with Gasteiger partial charge in [-0.3, -0.25) is 19.3 Å². The zero-order chi connectivity index (χ0) is 23.9. The highest BCUT2D eigenvalue weighted by atomic mass is 16.5. The van der Waals surface area contributed by atoms with E-state index in [0.717, 1.165) is 13.1 Å². The zero-order valence-electron chi connectivity index (χ0n) is 19.1. The fourth-order valence-corrected chi connectivity index (χ4v) is 5.29. The number of Topliss-reactive ketones (excluding diaryl/α,β-unsaturated/α-hetero) is 1. The predicted molar refractivity (Wildman–Crippen MR) is 126 cm³/mol. The van der Waals surface area contributed by atoms with Crippen LogP contribution in [0.25, 0.3) is 5.76 Å². The lowest BCUT2D eigenvalue weighted by atomic mass is 9.82. The summed E-state index contributed by atoms with van der Waals surface area (Å²) in [4.78, 5) is 45.8. The van der Waals surface area contributed by atoms with Crippen molar-refractivity contribution in [1.29, 1.82) is 0 Å². The Morgan fingerprint density at radius 3 is 2.38 bits per heavy atom. The molecule has 2 aromatic rings. The van der Waals surface area contributed by atoms with Gasteiger partial charge in [-0.2, -0.15) is 0 Å². The Morgan fingerprint density at radius 2 is 1.65 bits per heavy atom. The molecule has 0 radical (unpaired) electrons. The zero-order valence-corrected chi connectivity index (χ0v) is 19.1. The number of morpholine rings is 1. The van der Waals surface area contributed by atoms with E-state index < -0.39 is 23.1 Å². The second kappa shape index (κ2) is 8.70. The molecule has 0 saturated carbocycles. The van der Waals surface area contributed by atoms with Gasteiger partial charge in [-0.25, -0.2) is 0 Å². The number of ether oxygens (including phenoxy) is 1. The largest absolute Gasteiger partial charge is 0.507 e. The summed E-state index contributed by atoms with van der Waals surface area (Å²) in [6.45, 7) is 3.87. The topological polar surface area (TPSA) is 90.4 Å². The highest BCUT2D eigenvalue weighted by Crippen LogP contribution is 2.53. The lowest BCUT2D eigenvalue weighted by molar-refractivity contribution is -0.143. The minimum atomic E-state index is -1.69. The number of para-hydroxylation sites is 1. The van der Waals surface area contributed by atoms with E-state index in [0.29, 0.717) is 43.0 Å². The van der Waals surface area contributed by atoms with E-state index in [1.54, 1.807) is 55.6 Å². The van der Waals surface area contributed by atoms with Crippen molar-refractivity contribution in [1.82, 2.24) is 9.80 Å². The van der Waals surface area contributed by atoms with Gasteiger partial charge in [0.05, 0.1) is 18.8 Å². The molecule has 3 heterocycles. The van der Waals surface area contributed by atoms with Crippen LogP contribution >= 0.6 is 0 Å². The SMILES string of the molecule is CN1C(=O)[C@]2(C(=C(O)c3ccccc3)C(=O)C(=O)N2CCCN2CCOCC2)c2ccccc21. The van der Waals surface area contributed by atoms with Crippen LogP contribution < -0.4 is 4.90 Å². The van der Waals surface area contributed by atoms with E-state index in [1.807, 2.05) is 6.07 Å². The van der Waals surface area contributed by atoms with Crippen LogP contribution in [0.5, 0.6) is 0 Å². The van der Waals surface area contributed by atoms with Crippen molar-refractivity contribution in [2.75, 3.05) is 51.3 Å². The molecule has 0 aliphatic carbocycles. The van der Waals surface area contributed by atoms with Crippen molar-refractivity contribution in [3.63, 3.8) is 0 Å². The number of carbonyl (C=O) groups excluding carboxylic acids is 3. The summed E-state index contributed by atoms with van der Waals surface area (Å²) in [5, 5.41) is 11.3. The normalized spacial score (nSPS) is 24.3. The Morgan fingerprint density at radius 1 is 0.971 bits per heavy atom. The Hall–Kier alpha value is -3.49. The number of rotatable bonds is 5. The van der Waals surface area contributed by atoms with Gasteiger partial charge in [0.2, 0.25) is 0 Å². The fraction of sp³-hybridized carbons (Fsp3) is 0.346. The van der Waals surface area contributed by atoms with Crippen LogP contribution in [0, 0.1) is 0 Å². The van der Waals surface area contributed by atoms with Gasteiger partial charge < -0.3 is 19.6 Å². The molecule has 1 atom stereocenters. The van der Waals surface area contributed by atoms with Crippen molar-refractivity contribution >= 4 is 29.0 Å². The number of likely N-dealkylation sites (N-methyl/N-ethyl adjacent to an activating group) is 1. The van der Waals surface area contributed by atoms with E-state index >= 15 is 0 Å². The van der Waals surface area contributed by atoms with Crippen molar-refractivity contribution in [2.45, 2.75) is 12.0 Å². The molecule has 0 unspecified atom stereocenters. The number of aliphatic hydroxyl groups excluding tert-OH is 1. The summed E-state index contributed by atoms with van der Waals surface area (Å²) in [7, 11) is 1.63. The molecule has 5 rings (SSSR count). The summed E-state index contributed by atoms with van der Waals surface area (Å²) < 4.78 is 5.40. The van der Waals surface area contributed by atoms with Crippen LogP contribution in [0.15, 0.2) is 60.2 Å². The number of nitrogens with zero attached hydrogens (tertiary/aromatic N) is 3. The fourth-order valence-electron chi connectivity index (χ4n) is 5.29. The highest BCUT2D eigenvalue weighted by Gasteiger charge is 2.66. The summed E-state index contributed by atoms with van der Waals surface area (Å²) in [6, 6.07) is 15.7. The summed E-state index contributed by atoms with van der Waals surface area (Å²) in [5.74, 6) is -2.37. The molecule has 1 spiro atoms. The van der Waals surface area contributed by atoms with Gasteiger partial charge in [0, 0.05) is 50.0 Å². The molecule has 34 heavy (non-hydrogen) atoms. The number of carbonyl (C=O) groups is 3. The van der Waals surface area contributed by atoms with E-state index in [4.69, 9.17) is 4.74 Å². The molecule has 0 aromatic heterocycles. The minimum Gasteiger partial charge on any atom is -0.507 e. The first-order chi connectivity index (χ1) is 16.5. The number of hydrogen-bond donors (Lipinski definition) is 1. The van der Waals surface area contributed by atoms with Crippen LogP contribution in [0.1, 0.15) is 17.5 Å². The van der Waals surface area contributed by atoms with Gasteiger partial charge in [-0.15, -0.1) is 0 Å². The Balaban J connectivity index is 1.62. The number of hydrogen-bond acceptors (Lipinski definition) is 6. The van der Waals surface area contributed by atoms with Gasteiger partial charge in [0.1, 0.15) is 5.76 Å². The number of fused-ring (bicyclic) bond motifs is 2. The number of ketones is 1. The number of anilines is 1. The van der Waals surface area contributed by atoms with Crippen molar-refractivity contribution < 1.29 is 24.2 Å². The molecule has 3 aliphatic heterocycles. The third kappa shape index (κ3) is 3.25. The highest BCUT2D eigenvalue weighted by molar-refractivity contribution is 6.50. The quantitative estimate of drug-likeness (QED) is 0.416. The molecule has 3 aliphatic rings. The number of benzene rings is 2. The van der Waals surface area contributed by atoms with Crippen molar-refractivity contribution in [3.8, 4) is 0 Å². The summed E-state index contributed by atoms with van der Waals surface area (Å²) in [5.41, 5.74) is -0.327. The van der Waals surface area contributed by atoms with Gasteiger partial charge in [0.15, 0.2) is 5.54 Å². The van der Waals surface area contributed by atoms with E-state index in [-0.39, 0.29) is 17.9 Å². The van der Waals surface area contributed by atoms with Gasteiger partial charge in [0.25, 0.3) is 17.6 Å². The van der Waals surface area contributed by atoms with Crippen LogP contribution in [-0.4, -0.2) is 78.9 Å². The first-order valence-electron chi connectivity index (χ1n) is 11.5. The molecule has 0 bridgehead atoms. The second-order valence-corrected chi connectivity index (χ2v) is 8.77. The Labute approximate surface area is 198 Å². The average molecular weight is 462 g/mol. The molecule has 2 amide bonds. The van der Waals surface area contributed by atoms with Gasteiger partial charge in [-0.1, -0.05) is 48.5 Å². The molecule has 176 valence electrons. The Bertz CT molecular complexity index is 1170. The van der Waals surface area contributed by atoms with Crippen LogP contribution in [-0.2, 0) is 24.7 Å². The lowest BCUT2D eigenvalue weighted by Gasteiger charge is -2.35. The van der Waals surface area contributed by atoms with E-state index in [2.05, 4.69) is 4.90 Å². The van der Waals surface area contributed by atoms with Crippen LogP contribution in [0.4, 0.5) is 5.69 Å². The number of likely N-dealkylation sites (tertiary alicyclic amines) is 1. The van der Waals surface area contributed by atoms with Gasteiger partial charge >= 0.3 is 0 Å². The smallest absolute Gasteiger partial charge is 0.296 e. The molecular formula is C26H27N3O5. The maximum Gasteiger partial charge on any atom is 0.296 e. The monoisotopic (exact) mass is 461 g/mol. The average Bonchev–Trinajstić information content (AvgIpc) is 3.23. The standard InChI is InChI=1S/C26H27N3O5/c1-27-20-11-6-5-10-19(20)26(25(27)33)21(22(30)18-8-3-2-4-9-18)23(31)24(32)29(26)13-7-12-28-14-16-34-17-15-28/h2-6,8-11,30H,7,12-17H2,1H3/t26-/m1/s1. The van der Waals surface area contributed by atoms with E-state index in [9.17, 15) is 19.5 Å². The third-order valence-corrected chi connectivity index (χ3v) is 6.95. The predicted octanol–water partition coefficient (Wildman–Crippen LogP) is 1.96. The third-order valence-electron chi connectivity index (χ3n) is 6.95.